The summed E-state index contributed by atoms with van der Waals surface area (Å²) in [5, 5.41) is 7.16. The average Bonchev–Trinajstić information content (AvgIpc) is 3.66. The van der Waals surface area contributed by atoms with Crippen LogP contribution in [0.3, 0.4) is 0 Å². The van der Waals surface area contributed by atoms with Crippen LogP contribution < -0.4 is 10.2 Å². The van der Waals surface area contributed by atoms with E-state index in [0.29, 0.717) is 41.1 Å². The first-order valence-electron chi connectivity index (χ1n) is 11.5. The molecule has 0 radical (unpaired) electrons. The molecule has 1 aromatic carbocycles. The monoisotopic (exact) mass is 485 g/mol. The first kappa shape index (κ1) is 21.9. The van der Waals surface area contributed by atoms with Gasteiger partial charge < -0.3 is 10.2 Å². The minimum Gasteiger partial charge on any atom is -0.364 e. The number of pyridine rings is 2. The number of amides is 1. The molecule has 4 aromatic heterocycles. The van der Waals surface area contributed by atoms with Crippen LogP contribution in [-0.4, -0.2) is 36.6 Å². The summed E-state index contributed by atoms with van der Waals surface area (Å²) in [4.78, 5) is 23.5. The van der Waals surface area contributed by atoms with Crippen LogP contribution in [0, 0.1) is 11.6 Å². The number of hydrogen-bond donors (Lipinski definition) is 1. The molecule has 10 heteroatoms. The normalized spacial score (nSPS) is 15.5. The number of carbonyl (C=O) groups excluding carboxylic acids is 1. The van der Waals surface area contributed by atoms with E-state index in [9.17, 15) is 13.6 Å². The molecule has 0 saturated carbocycles. The molecule has 36 heavy (non-hydrogen) atoms. The molecule has 1 amide bonds. The fourth-order valence-corrected chi connectivity index (χ4v) is 4.70. The molecule has 5 aromatic rings. The summed E-state index contributed by atoms with van der Waals surface area (Å²) in [6.45, 7) is 0.696. The smallest absolute Gasteiger partial charge is 0.259 e. The Morgan fingerprint density at radius 1 is 1.06 bits per heavy atom. The number of nitrogens with zero attached hydrogens (tertiary/aromatic N) is 6. The first-order valence-corrected chi connectivity index (χ1v) is 11.5. The minimum atomic E-state index is -0.462. The maximum Gasteiger partial charge on any atom is 0.259 e. The van der Waals surface area contributed by atoms with Crippen LogP contribution in [-0.2, 0) is 0 Å². The van der Waals surface area contributed by atoms with Crippen LogP contribution in [0.4, 0.5) is 20.2 Å². The number of imidazole rings is 1. The number of benzene rings is 1. The van der Waals surface area contributed by atoms with Gasteiger partial charge in [0.2, 0.25) is 0 Å². The van der Waals surface area contributed by atoms with Gasteiger partial charge in [0.05, 0.1) is 35.2 Å². The van der Waals surface area contributed by atoms with E-state index in [1.165, 1.54) is 18.3 Å². The molecule has 5 heterocycles. The summed E-state index contributed by atoms with van der Waals surface area (Å²) in [5.74, 6) is -0.531. The van der Waals surface area contributed by atoms with Gasteiger partial charge in [-0.3, -0.25) is 9.36 Å². The summed E-state index contributed by atoms with van der Waals surface area (Å²) in [7, 11) is 0. The number of halogens is 2. The third-order valence-electron chi connectivity index (χ3n) is 6.43. The van der Waals surface area contributed by atoms with Gasteiger partial charge in [0.1, 0.15) is 23.8 Å². The Labute approximate surface area is 204 Å². The average molecular weight is 485 g/mol. The quantitative estimate of drug-likeness (QED) is 0.387. The summed E-state index contributed by atoms with van der Waals surface area (Å²) in [6.07, 6.45) is 11.5. The fourth-order valence-electron chi connectivity index (χ4n) is 4.70. The summed E-state index contributed by atoms with van der Waals surface area (Å²) in [5.41, 5.74) is 2.70. The van der Waals surface area contributed by atoms with Gasteiger partial charge in [-0.05, 0) is 55.3 Å². The molecule has 1 N–H and O–H groups in total. The second-order valence-electron chi connectivity index (χ2n) is 8.62. The second kappa shape index (κ2) is 8.88. The molecule has 0 unspecified atom stereocenters. The highest BCUT2D eigenvalue weighted by molar-refractivity contribution is 6.09. The summed E-state index contributed by atoms with van der Waals surface area (Å²) < 4.78 is 31.8. The van der Waals surface area contributed by atoms with Crippen molar-refractivity contribution in [1.82, 2.24) is 24.1 Å². The molecule has 1 fully saturated rings. The lowest BCUT2D eigenvalue weighted by Gasteiger charge is -2.27. The molecule has 180 valence electrons. The van der Waals surface area contributed by atoms with Gasteiger partial charge >= 0.3 is 0 Å². The highest BCUT2D eigenvalue weighted by Gasteiger charge is 2.29. The van der Waals surface area contributed by atoms with E-state index >= 15 is 0 Å². The third-order valence-corrected chi connectivity index (χ3v) is 6.43. The van der Waals surface area contributed by atoms with Crippen molar-refractivity contribution in [1.29, 1.82) is 0 Å². The van der Waals surface area contributed by atoms with E-state index in [1.54, 1.807) is 52.3 Å². The number of carbonyl (C=O) groups is 1. The molecule has 6 rings (SSSR count). The van der Waals surface area contributed by atoms with Gasteiger partial charge in [0.25, 0.3) is 5.91 Å². The molecular formula is C26H21F2N7O. The Morgan fingerprint density at radius 3 is 2.78 bits per heavy atom. The van der Waals surface area contributed by atoms with Crippen molar-refractivity contribution >= 4 is 22.8 Å². The predicted octanol–water partition coefficient (Wildman–Crippen LogP) is 4.79. The molecule has 1 atom stereocenters. The molecular weight excluding hydrogens is 464 g/mol. The van der Waals surface area contributed by atoms with Crippen molar-refractivity contribution in [2.75, 3.05) is 16.8 Å². The van der Waals surface area contributed by atoms with E-state index in [-0.39, 0.29) is 11.9 Å². The zero-order valence-electron chi connectivity index (χ0n) is 19.1. The Hall–Kier alpha value is -4.60. The van der Waals surface area contributed by atoms with Gasteiger partial charge in [0.15, 0.2) is 0 Å². The third kappa shape index (κ3) is 3.96. The number of nitrogens with one attached hydrogen (secondary N) is 1. The van der Waals surface area contributed by atoms with E-state index < -0.39 is 11.6 Å². The molecule has 1 aliphatic rings. The standard InChI is InChI=1S/C26H21F2N7O/c27-17-3-5-22(28)20(12-17)23-2-1-9-34(23)19-7-10-35-24(13-19)21(15-31-35)26(36)32-18-4-6-25(30-14-18)33-11-8-29-16-33/h3-8,10-16,23H,1-2,9H2,(H,32,36)/t23-/m1/s1. The Kier molecular flexibility index (Phi) is 5.40. The van der Waals surface area contributed by atoms with Gasteiger partial charge in [-0.25, -0.2) is 23.3 Å². The van der Waals surface area contributed by atoms with Crippen molar-refractivity contribution in [3.8, 4) is 5.82 Å². The van der Waals surface area contributed by atoms with Crippen molar-refractivity contribution in [3.05, 3.63) is 103 Å². The highest BCUT2D eigenvalue weighted by Crippen LogP contribution is 2.38. The number of anilines is 2. The Morgan fingerprint density at radius 2 is 1.97 bits per heavy atom. The van der Waals surface area contributed by atoms with Crippen molar-refractivity contribution < 1.29 is 13.6 Å². The lowest BCUT2D eigenvalue weighted by Crippen LogP contribution is -2.23. The van der Waals surface area contributed by atoms with Crippen LogP contribution >= 0.6 is 0 Å². The maximum atomic E-state index is 14.5. The van der Waals surface area contributed by atoms with Gasteiger partial charge in [-0.15, -0.1) is 0 Å². The van der Waals surface area contributed by atoms with E-state index in [0.717, 1.165) is 18.2 Å². The first-order chi connectivity index (χ1) is 17.6. The Balaban J connectivity index is 1.27. The topological polar surface area (TPSA) is 80.3 Å². The zero-order valence-corrected chi connectivity index (χ0v) is 19.1. The summed E-state index contributed by atoms with van der Waals surface area (Å²) >= 11 is 0. The van der Waals surface area contributed by atoms with E-state index in [2.05, 4.69) is 20.4 Å². The second-order valence-corrected chi connectivity index (χ2v) is 8.62. The van der Waals surface area contributed by atoms with Gasteiger partial charge in [0, 0.05) is 36.4 Å². The SMILES string of the molecule is O=C(Nc1ccc(-n2ccnc2)nc1)c1cnn2ccc(N3CCC[C@@H]3c3cc(F)ccc3F)cc12. The number of aromatic nitrogens is 5. The molecule has 1 aliphatic heterocycles. The fraction of sp³-hybridized carbons (Fsp3) is 0.154. The molecule has 0 aliphatic carbocycles. The van der Waals surface area contributed by atoms with Crippen LogP contribution in [0.25, 0.3) is 11.3 Å². The highest BCUT2D eigenvalue weighted by atomic mass is 19.1. The van der Waals surface area contributed by atoms with Crippen LogP contribution in [0.15, 0.2) is 79.8 Å². The lowest BCUT2D eigenvalue weighted by atomic mass is 10.0. The largest absolute Gasteiger partial charge is 0.364 e. The lowest BCUT2D eigenvalue weighted by molar-refractivity contribution is 0.102. The molecule has 0 bridgehead atoms. The van der Waals surface area contributed by atoms with Crippen LogP contribution in [0.1, 0.15) is 34.8 Å². The van der Waals surface area contributed by atoms with E-state index in [4.69, 9.17) is 0 Å². The predicted molar refractivity (Wildman–Crippen MR) is 130 cm³/mol. The molecule has 8 nitrogen and oxygen atoms in total. The minimum absolute atomic E-state index is 0.288. The van der Waals surface area contributed by atoms with Crippen LogP contribution in [0.5, 0.6) is 0 Å². The maximum absolute atomic E-state index is 14.5. The van der Waals surface area contributed by atoms with Crippen molar-refractivity contribution in [2.24, 2.45) is 0 Å². The van der Waals surface area contributed by atoms with Gasteiger partial charge in [-0.2, -0.15) is 5.10 Å². The summed E-state index contributed by atoms with van der Waals surface area (Å²) in [6, 6.07) is 10.5. The van der Waals surface area contributed by atoms with Crippen molar-refractivity contribution in [3.63, 3.8) is 0 Å². The van der Waals surface area contributed by atoms with Crippen molar-refractivity contribution in [2.45, 2.75) is 18.9 Å². The van der Waals surface area contributed by atoms with Gasteiger partial charge in [-0.1, -0.05) is 0 Å². The molecule has 1 saturated heterocycles. The number of hydrogen-bond acceptors (Lipinski definition) is 5. The zero-order chi connectivity index (χ0) is 24.6. The number of fused-ring (bicyclic) bond motifs is 1. The number of rotatable bonds is 5. The van der Waals surface area contributed by atoms with Crippen LogP contribution in [0.2, 0.25) is 0 Å². The van der Waals surface area contributed by atoms with E-state index in [1.807, 2.05) is 17.0 Å². The molecule has 0 spiro atoms. The Bertz CT molecular complexity index is 1550.